The second-order valence-corrected chi connectivity index (χ2v) is 11.6. The van der Waals surface area contributed by atoms with Gasteiger partial charge in [0.1, 0.15) is 0 Å². The number of allylic oxidation sites excluding steroid dienone is 1. The molecule has 4 aliphatic carbocycles. The number of carbonyl (C=O) groups excluding carboxylic acids is 1. The summed E-state index contributed by atoms with van der Waals surface area (Å²) < 4.78 is 5.31. The number of carbonyl (C=O) groups is 1. The van der Waals surface area contributed by atoms with E-state index in [9.17, 15) is 9.90 Å². The first-order chi connectivity index (χ1) is 14.3. The zero-order chi connectivity index (χ0) is 21.5. The summed E-state index contributed by atoms with van der Waals surface area (Å²) in [5.41, 5.74) is 2.33. The van der Waals surface area contributed by atoms with Crippen LogP contribution in [0, 0.1) is 40.4 Å². The molecule has 170 valence electrons. The van der Waals surface area contributed by atoms with Crippen molar-refractivity contribution in [1.82, 2.24) is 0 Å². The van der Waals surface area contributed by atoms with Crippen LogP contribution in [0.3, 0.4) is 0 Å². The molecule has 3 saturated carbocycles. The lowest BCUT2D eigenvalue weighted by Crippen LogP contribution is -2.50. The van der Waals surface area contributed by atoms with Gasteiger partial charge < -0.3 is 9.84 Å². The van der Waals surface area contributed by atoms with Crippen LogP contribution in [0.15, 0.2) is 11.6 Å². The van der Waals surface area contributed by atoms with Crippen molar-refractivity contribution in [1.29, 1.82) is 0 Å². The highest BCUT2D eigenvalue weighted by Crippen LogP contribution is 2.67. The Morgan fingerprint density at radius 2 is 2.00 bits per heavy atom. The average molecular weight is 417 g/mol. The van der Waals surface area contributed by atoms with Crippen molar-refractivity contribution in [3.8, 4) is 0 Å². The quantitative estimate of drug-likeness (QED) is 0.408. The summed E-state index contributed by atoms with van der Waals surface area (Å²) in [6, 6.07) is 0. The van der Waals surface area contributed by atoms with Crippen LogP contribution >= 0.6 is 0 Å². The minimum absolute atomic E-state index is 0.00975. The van der Waals surface area contributed by atoms with E-state index in [4.69, 9.17) is 4.74 Å². The first kappa shape index (κ1) is 22.4. The summed E-state index contributed by atoms with van der Waals surface area (Å²) in [6.45, 7) is 10.1. The van der Waals surface area contributed by atoms with Gasteiger partial charge in [0.25, 0.3) is 0 Å². The number of hydrogen-bond donors (Lipinski definition) is 1. The van der Waals surface area contributed by atoms with E-state index in [2.05, 4.69) is 26.8 Å². The minimum atomic E-state index is -0.115. The normalized spacial score (nSPS) is 43.8. The van der Waals surface area contributed by atoms with Gasteiger partial charge in [-0.3, -0.25) is 4.79 Å². The van der Waals surface area contributed by atoms with Crippen LogP contribution < -0.4 is 0 Å². The third-order valence-corrected chi connectivity index (χ3v) is 10.1. The Balaban J connectivity index is 1.44. The van der Waals surface area contributed by atoms with Crippen LogP contribution in [0.25, 0.3) is 0 Å². The van der Waals surface area contributed by atoms with Gasteiger partial charge in [0.15, 0.2) is 0 Å². The van der Waals surface area contributed by atoms with Crippen molar-refractivity contribution in [3.63, 3.8) is 0 Å². The SMILES string of the molecule is CCCOC(=O)CC[C@@H](C)[C@H]1CC[C@H]2[C@@H]3CC=C4C[C@@H](O)CC[C@]4(C)[C@H]3CC[C@]12C. The molecule has 1 N–H and O–H groups in total. The topological polar surface area (TPSA) is 46.5 Å². The highest BCUT2D eigenvalue weighted by Gasteiger charge is 2.59. The van der Waals surface area contributed by atoms with Gasteiger partial charge in [-0.1, -0.05) is 39.3 Å². The third-order valence-electron chi connectivity index (χ3n) is 10.1. The summed E-state index contributed by atoms with van der Waals surface area (Å²) in [5, 5.41) is 10.2. The van der Waals surface area contributed by atoms with Crippen LogP contribution in [0.1, 0.15) is 98.3 Å². The predicted molar refractivity (Wildman–Crippen MR) is 121 cm³/mol. The molecule has 3 fully saturated rings. The highest BCUT2D eigenvalue weighted by atomic mass is 16.5. The molecule has 0 aromatic carbocycles. The Kier molecular flexibility index (Phi) is 6.41. The molecule has 0 amide bonds. The largest absolute Gasteiger partial charge is 0.466 e. The molecule has 3 nitrogen and oxygen atoms in total. The second kappa shape index (κ2) is 8.60. The summed E-state index contributed by atoms with van der Waals surface area (Å²) >= 11 is 0. The average Bonchev–Trinajstić information content (AvgIpc) is 3.08. The molecule has 0 aliphatic heterocycles. The molecular weight excluding hydrogens is 372 g/mol. The number of fused-ring (bicyclic) bond motifs is 5. The fourth-order valence-corrected chi connectivity index (χ4v) is 8.45. The van der Waals surface area contributed by atoms with E-state index >= 15 is 0 Å². The molecule has 0 saturated heterocycles. The van der Waals surface area contributed by atoms with Crippen molar-refractivity contribution < 1.29 is 14.6 Å². The first-order valence-corrected chi connectivity index (χ1v) is 12.8. The van der Waals surface area contributed by atoms with E-state index in [0.717, 1.165) is 49.4 Å². The van der Waals surface area contributed by atoms with Gasteiger partial charge in [0.2, 0.25) is 0 Å². The number of hydrogen-bond acceptors (Lipinski definition) is 3. The van der Waals surface area contributed by atoms with E-state index in [1.165, 1.54) is 38.5 Å². The maximum Gasteiger partial charge on any atom is 0.305 e. The van der Waals surface area contributed by atoms with E-state index in [0.29, 0.717) is 29.8 Å². The van der Waals surface area contributed by atoms with E-state index in [1.807, 2.05) is 6.92 Å². The molecule has 0 aromatic heterocycles. The minimum Gasteiger partial charge on any atom is -0.466 e. The van der Waals surface area contributed by atoms with Crippen molar-refractivity contribution in [2.45, 2.75) is 104 Å². The molecule has 8 atom stereocenters. The molecule has 30 heavy (non-hydrogen) atoms. The van der Waals surface area contributed by atoms with Crippen LogP contribution in [0.2, 0.25) is 0 Å². The third kappa shape index (κ3) is 3.78. The number of aliphatic hydroxyl groups excluding tert-OH is 1. The molecule has 3 heteroatoms. The van der Waals surface area contributed by atoms with Crippen molar-refractivity contribution in [2.75, 3.05) is 6.61 Å². The Morgan fingerprint density at radius 3 is 2.77 bits per heavy atom. The lowest BCUT2D eigenvalue weighted by molar-refractivity contribution is -0.144. The van der Waals surface area contributed by atoms with Gasteiger partial charge in [0.05, 0.1) is 12.7 Å². The van der Waals surface area contributed by atoms with E-state index in [-0.39, 0.29) is 12.1 Å². The van der Waals surface area contributed by atoms with Crippen molar-refractivity contribution in [2.24, 2.45) is 40.4 Å². The Hall–Kier alpha value is -0.830. The zero-order valence-electron chi connectivity index (χ0n) is 19.8. The Morgan fingerprint density at radius 1 is 1.20 bits per heavy atom. The van der Waals surface area contributed by atoms with Gasteiger partial charge in [-0.2, -0.15) is 0 Å². The van der Waals surface area contributed by atoms with Gasteiger partial charge in [0, 0.05) is 6.42 Å². The van der Waals surface area contributed by atoms with Gasteiger partial charge in [-0.15, -0.1) is 0 Å². The molecule has 0 heterocycles. The van der Waals surface area contributed by atoms with Crippen LogP contribution in [-0.2, 0) is 9.53 Å². The molecule has 0 bridgehead atoms. The second-order valence-electron chi connectivity index (χ2n) is 11.6. The monoisotopic (exact) mass is 416 g/mol. The van der Waals surface area contributed by atoms with Crippen LogP contribution in [-0.4, -0.2) is 23.8 Å². The Bertz CT molecular complexity index is 669. The smallest absolute Gasteiger partial charge is 0.305 e. The zero-order valence-corrected chi connectivity index (χ0v) is 19.8. The predicted octanol–water partition coefficient (Wildman–Crippen LogP) is 6.30. The molecule has 0 radical (unpaired) electrons. The number of aliphatic hydroxyl groups is 1. The standard InChI is InChI=1S/C27H44O3/c1-5-16-30-25(29)11-6-18(2)22-9-10-23-21-8-7-19-17-20(28)12-14-26(19,3)24(21)13-15-27(22,23)4/h7,18,20-24,28H,5-6,8-17H2,1-4H3/t18-,20+,21+,22-,23+,24+,26+,27-/m1/s1. The summed E-state index contributed by atoms with van der Waals surface area (Å²) in [7, 11) is 0. The van der Waals surface area contributed by atoms with E-state index in [1.54, 1.807) is 5.57 Å². The first-order valence-electron chi connectivity index (χ1n) is 12.8. The van der Waals surface area contributed by atoms with Crippen molar-refractivity contribution >= 4 is 5.97 Å². The lowest BCUT2D eigenvalue weighted by atomic mass is 9.47. The maximum atomic E-state index is 12.0. The summed E-state index contributed by atoms with van der Waals surface area (Å²) in [6.07, 6.45) is 14.6. The van der Waals surface area contributed by atoms with Crippen LogP contribution in [0.5, 0.6) is 0 Å². The van der Waals surface area contributed by atoms with Gasteiger partial charge >= 0.3 is 5.97 Å². The molecule has 0 aromatic rings. The fraction of sp³-hybridized carbons (Fsp3) is 0.889. The highest BCUT2D eigenvalue weighted by molar-refractivity contribution is 5.69. The van der Waals surface area contributed by atoms with Gasteiger partial charge in [-0.05, 0) is 105 Å². The van der Waals surface area contributed by atoms with Crippen molar-refractivity contribution in [3.05, 3.63) is 11.6 Å². The number of esters is 1. The number of ether oxygens (including phenoxy) is 1. The fourth-order valence-electron chi connectivity index (χ4n) is 8.45. The molecule has 4 aliphatic rings. The molecular formula is C27H44O3. The Labute approximate surface area is 184 Å². The van der Waals surface area contributed by atoms with E-state index < -0.39 is 0 Å². The van der Waals surface area contributed by atoms with Gasteiger partial charge in [-0.25, -0.2) is 0 Å². The molecule has 0 unspecified atom stereocenters. The molecule has 4 rings (SSSR count). The summed E-state index contributed by atoms with van der Waals surface area (Å²) in [4.78, 5) is 12.0. The lowest BCUT2D eigenvalue weighted by Gasteiger charge is -2.58. The number of rotatable bonds is 6. The summed E-state index contributed by atoms with van der Waals surface area (Å²) in [5.74, 6) is 3.79. The van der Waals surface area contributed by atoms with Crippen LogP contribution in [0.4, 0.5) is 0 Å². The molecule has 0 spiro atoms. The maximum absolute atomic E-state index is 12.0.